The zero-order valence-electron chi connectivity index (χ0n) is 22.8. The van der Waals surface area contributed by atoms with Crippen LogP contribution in [0.4, 0.5) is 10.5 Å². The third kappa shape index (κ3) is 6.83. The lowest BCUT2D eigenvalue weighted by atomic mass is 9.97. The Bertz CT molecular complexity index is 1300. The zero-order valence-corrected chi connectivity index (χ0v) is 24.3. The summed E-state index contributed by atoms with van der Waals surface area (Å²) in [5.74, 6) is 0.00763. The molecule has 3 aromatic rings. The molecule has 0 aliphatic heterocycles. The van der Waals surface area contributed by atoms with E-state index in [4.69, 9.17) is 9.47 Å². The third-order valence-corrected chi connectivity index (χ3v) is 6.62. The monoisotopic (exact) mass is 583 g/mol. The molecule has 0 bridgehead atoms. The van der Waals surface area contributed by atoms with E-state index in [1.54, 1.807) is 33.2 Å². The van der Waals surface area contributed by atoms with E-state index >= 15 is 0 Å². The highest BCUT2D eigenvalue weighted by Gasteiger charge is 2.24. The lowest BCUT2D eigenvalue weighted by Crippen LogP contribution is -2.34. The van der Waals surface area contributed by atoms with E-state index < -0.39 is 11.7 Å². The Labute approximate surface area is 232 Å². The summed E-state index contributed by atoms with van der Waals surface area (Å²) in [6.07, 6.45) is -0.446. The molecule has 3 rings (SSSR count). The van der Waals surface area contributed by atoms with Gasteiger partial charge in [0.15, 0.2) is 0 Å². The molecule has 1 aromatic heterocycles. The van der Waals surface area contributed by atoms with Crippen LogP contribution in [0.2, 0.25) is 0 Å². The normalized spacial score (nSPS) is 12.0. The minimum absolute atomic E-state index is 0.0610. The standard InChI is InChI=1S/C29H34BrN3O5/c1-17(16-31-28(36)38-29(3,4)5)19-11-13-20(14-12-19)21-15-23(18(2)32-26(21)37-7)33(6)27(35)25-22(30)9-8-10-24(25)34/h8-15,17,34H,16H2,1-7H3,(H,31,36). The number of benzene rings is 2. The summed E-state index contributed by atoms with van der Waals surface area (Å²) in [5, 5.41) is 13.1. The van der Waals surface area contributed by atoms with Crippen LogP contribution < -0.4 is 15.0 Å². The zero-order chi connectivity index (χ0) is 28.2. The number of carbonyl (C=O) groups is 2. The number of pyridine rings is 1. The fraction of sp³-hybridized carbons (Fsp3) is 0.345. The van der Waals surface area contributed by atoms with Crippen LogP contribution in [0.5, 0.6) is 11.6 Å². The number of rotatable bonds is 7. The van der Waals surface area contributed by atoms with Crippen LogP contribution in [0, 0.1) is 6.92 Å². The van der Waals surface area contributed by atoms with Gasteiger partial charge >= 0.3 is 6.09 Å². The lowest BCUT2D eigenvalue weighted by Gasteiger charge is -2.22. The number of hydrogen-bond acceptors (Lipinski definition) is 6. The molecule has 1 unspecified atom stereocenters. The van der Waals surface area contributed by atoms with Crippen molar-refractivity contribution in [3.63, 3.8) is 0 Å². The number of phenols is 1. The van der Waals surface area contributed by atoms with Crippen LogP contribution in [0.1, 0.15) is 55.2 Å². The molecule has 38 heavy (non-hydrogen) atoms. The molecule has 1 heterocycles. The van der Waals surface area contributed by atoms with Gasteiger partial charge in [0.25, 0.3) is 5.91 Å². The van der Waals surface area contributed by atoms with Crippen molar-refractivity contribution in [1.29, 1.82) is 0 Å². The van der Waals surface area contributed by atoms with Crippen LogP contribution in [0.15, 0.2) is 53.0 Å². The lowest BCUT2D eigenvalue weighted by molar-refractivity contribution is 0.0525. The van der Waals surface area contributed by atoms with Crippen molar-refractivity contribution in [2.75, 3.05) is 25.6 Å². The maximum absolute atomic E-state index is 13.3. The number of ether oxygens (including phenoxy) is 2. The second-order valence-corrected chi connectivity index (χ2v) is 10.9. The third-order valence-electron chi connectivity index (χ3n) is 5.96. The van der Waals surface area contributed by atoms with E-state index in [-0.39, 0.29) is 23.1 Å². The number of halogens is 1. The van der Waals surface area contributed by atoms with Crippen LogP contribution in [-0.4, -0.2) is 48.4 Å². The van der Waals surface area contributed by atoms with Gasteiger partial charge in [-0.05, 0) is 78.9 Å². The van der Waals surface area contributed by atoms with Crippen molar-refractivity contribution in [2.45, 2.75) is 46.1 Å². The molecule has 202 valence electrons. The molecule has 0 radical (unpaired) electrons. The highest BCUT2D eigenvalue weighted by atomic mass is 79.9. The van der Waals surface area contributed by atoms with E-state index in [9.17, 15) is 14.7 Å². The maximum Gasteiger partial charge on any atom is 0.407 e. The summed E-state index contributed by atoms with van der Waals surface area (Å²) in [4.78, 5) is 31.3. The Morgan fingerprint density at radius 2 is 1.82 bits per heavy atom. The van der Waals surface area contributed by atoms with E-state index in [1.165, 1.54) is 11.0 Å². The number of hydrogen-bond donors (Lipinski definition) is 2. The van der Waals surface area contributed by atoms with Gasteiger partial charge in [-0.2, -0.15) is 0 Å². The highest BCUT2D eigenvalue weighted by molar-refractivity contribution is 9.10. The topological polar surface area (TPSA) is 101 Å². The molecule has 9 heteroatoms. The smallest absolute Gasteiger partial charge is 0.407 e. The first kappa shape index (κ1) is 29.0. The minimum atomic E-state index is -0.550. The Hall–Kier alpha value is -3.59. The summed E-state index contributed by atoms with van der Waals surface area (Å²) >= 11 is 3.36. The number of amides is 2. The number of nitrogens with zero attached hydrogens (tertiary/aromatic N) is 2. The number of carbonyl (C=O) groups excluding carboxylic acids is 2. The van der Waals surface area contributed by atoms with Gasteiger partial charge in [0, 0.05) is 23.6 Å². The number of nitrogens with one attached hydrogen (secondary N) is 1. The average Bonchev–Trinajstić information content (AvgIpc) is 2.85. The molecule has 0 fully saturated rings. The number of aromatic hydroxyl groups is 1. The molecule has 0 saturated carbocycles. The summed E-state index contributed by atoms with van der Waals surface area (Å²) in [5.41, 5.74) is 3.43. The predicted octanol–water partition coefficient (Wildman–Crippen LogP) is 6.44. The molecule has 0 saturated heterocycles. The number of anilines is 1. The quantitative estimate of drug-likeness (QED) is 0.332. The van der Waals surface area contributed by atoms with Crippen molar-refractivity contribution in [3.05, 3.63) is 69.8 Å². The average molecular weight is 585 g/mol. The van der Waals surface area contributed by atoms with Crippen molar-refractivity contribution < 1.29 is 24.2 Å². The first-order chi connectivity index (χ1) is 17.8. The highest BCUT2D eigenvalue weighted by Crippen LogP contribution is 2.36. The summed E-state index contributed by atoms with van der Waals surface area (Å²) in [6.45, 7) is 9.73. The van der Waals surface area contributed by atoms with E-state index in [0.717, 1.165) is 16.7 Å². The molecular formula is C29H34BrN3O5. The molecular weight excluding hydrogens is 550 g/mol. The van der Waals surface area contributed by atoms with Crippen LogP contribution in [-0.2, 0) is 4.74 Å². The van der Waals surface area contributed by atoms with Crippen molar-refractivity contribution >= 4 is 33.6 Å². The van der Waals surface area contributed by atoms with Gasteiger partial charge in [-0.25, -0.2) is 9.78 Å². The molecule has 2 aromatic carbocycles. The Balaban J connectivity index is 1.86. The molecule has 0 aliphatic carbocycles. The number of aromatic nitrogens is 1. The van der Waals surface area contributed by atoms with Gasteiger partial charge in [0.1, 0.15) is 11.4 Å². The fourth-order valence-electron chi connectivity index (χ4n) is 3.94. The predicted molar refractivity (Wildman–Crippen MR) is 152 cm³/mol. The van der Waals surface area contributed by atoms with Gasteiger partial charge in [-0.1, -0.05) is 37.3 Å². The van der Waals surface area contributed by atoms with Gasteiger partial charge in [-0.15, -0.1) is 0 Å². The largest absolute Gasteiger partial charge is 0.507 e. The van der Waals surface area contributed by atoms with Crippen molar-refractivity contribution in [1.82, 2.24) is 10.3 Å². The van der Waals surface area contributed by atoms with E-state index in [2.05, 4.69) is 26.2 Å². The minimum Gasteiger partial charge on any atom is -0.507 e. The number of methoxy groups -OCH3 is 1. The number of aryl methyl sites for hydroxylation is 1. The van der Waals surface area contributed by atoms with Gasteiger partial charge in [0.05, 0.1) is 24.1 Å². The van der Waals surface area contributed by atoms with Gasteiger partial charge < -0.3 is 24.8 Å². The van der Waals surface area contributed by atoms with Gasteiger partial charge in [0.2, 0.25) is 5.88 Å². The van der Waals surface area contributed by atoms with Crippen LogP contribution in [0.25, 0.3) is 11.1 Å². The molecule has 0 aliphatic rings. The van der Waals surface area contributed by atoms with Gasteiger partial charge in [-0.3, -0.25) is 4.79 Å². The second-order valence-electron chi connectivity index (χ2n) is 10.1. The molecule has 1 atom stereocenters. The SMILES string of the molecule is COc1nc(C)c(N(C)C(=O)c2c(O)cccc2Br)cc1-c1ccc(C(C)CNC(=O)OC(C)(C)C)cc1. The number of alkyl carbamates (subject to hydrolysis) is 1. The Morgan fingerprint density at radius 3 is 2.39 bits per heavy atom. The first-order valence-electron chi connectivity index (χ1n) is 12.2. The molecule has 2 amide bonds. The molecule has 8 nitrogen and oxygen atoms in total. The first-order valence-corrected chi connectivity index (χ1v) is 13.0. The fourth-order valence-corrected chi connectivity index (χ4v) is 4.46. The summed E-state index contributed by atoms with van der Waals surface area (Å²) in [7, 11) is 3.20. The van der Waals surface area contributed by atoms with Crippen molar-refractivity contribution in [2.24, 2.45) is 0 Å². The second kappa shape index (κ2) is 11.9. The Kier molecular flexibility index (Phi) is 9.04. The Morgan fingerprint density at radius 1 is 1.16 bits per heavy atom. The van der Waals surface area contributed by atoms with Crippen LogP contribution in [0.3, 0.4) is 0 Å². The molecule has 2 N–H and O–H groups in total. The van der Waals surface area contributed by atoms with Crippen LogP contribution >= 0.6 is 15.9 Å². The molecule has 0 spiro atoms. The summed E-state index contributed by atoms with van der Waals surface area (Å²) < 4.78 is 11.4. The maximum atomic E-state index is 13.3. The van der Waals surface area contributed by atoms with Crippen molar-refractivity contribution in [3.8, 4) is 22.8 Å². The van der Waals surface area contributed by atoms with E-state index in [0.29, 0.717) is 28.3 Å². The summed E-state index contributed by atoms with van der Waals surface area (Å²) in [6, 6.07) is 14.6. The van der Waals surface area contributed by atoms with E-state index in [1.807, 2.05) is 58.0 Å². The number of phenolic OH excluding ortho intramolecular Hbond substituents is 1.